The van der Waals surface area contributed by atoms with Crippen LogP contribution in [0.3, 0.4) is 0 Å². The number of nitrogens with one attached hydrogen (secondary N) is 2. The maximum Gasteiger partial charge on any atom is 0.224 e. The number of aliphatic hydroxyl groups excluding tert-OH is 1. The molecule has 2 aromatic carbocycles. The van der Waals surface area contributed by atoms with Gasteiger partial charge in [0.25, 0.3) is 0 Å². The zero-order valence-electron chi connectivity index (χ0n) is 23.0. The second kappa shape index (κ2) is 15.0. The highest BCUT2D eigenvalue weighted by Gasteiger charge is 2.32. The van der Waals surface area contributed by atoms with Gasteiger partial charge < -0.3 is 29.8 Å². The number of amides is 2. The Morgan fingerprint density at radius 1 is 1.05 bits per heavy atom. The van der Waals surface area contributed by atoms with Crippen LogP contribution in [-0.4, -0.2) is 44.9 Å². The first-order valence-corrected chi connectivity index (χ1v) is 14.6. The minimum Gasteiger partial charge on any atom is -0.392 e. The minimum absolute atomic E-state index is 0.00194. The Hall–Kier alpha value is -3.18. The number of nitrogens with zero attached hydrogens (tertiary/aromatic N) is 2. The Bertz CT molecular complexity index is 1230. The molecule has 9 nitrogen and oxygen atoms in total. The zero-order valence-corrected chi connectivity index (χ0v) is 23.9. The molecular weight excluding hydrogens is 528 g/mol. The molecule has 0 bridgehead atoms. The summed E-state index contributed by atoms with van der Waals surface area (Å²) in [5.41, 5.74) is 3.50. The topological polar surface area (TPSA) is 115 Å². The van der Waals surface area contributed by atoms with Gasteiger partial charge in [-0.2, -0.15) is 0 Å². The molecule has 0 aliphatic carbocycles. The molecule has 3 N–H and O–H groups in total. The molecule has 2 amide bonds. The molecule has 1 fully saturated rings. The van der Waals surface area contributed by atoms with Gasteiger partial charge in [0.05, 0.1) is 18.8 Å². The van der Waals surface area contributed by atoms with E-state index < -0.39 is 6.29 Å². The van der Waals surface area contributed by atoms with E-state index in [1.165, 1.54) is 6.92 Å². The first-order valence-electron chi connectivity index (χ1n) is 13.7. The summed E-state index contributed by atoms with van der Waals surface area (Å²) in [7, 11) is 1.98. The van der Waals surface area contributed by atoms with Crippen molar-refractivity contribution in [3.63, 3.8) is 0 Å². The van der Waals surface area contributed by atoms with Gasteiger partial charge >= 0.3 is 0 Å². The lowest BCUT2D eigenvalue weighted by Gasteiger charge is -2.36. The van der Waals surface area contributed by atoms with Crippen LogP contribution < -0.4 is 10.6 Å². The number of aryl methyl sites for hydroxylation is 1. The molecule has 4 rings (SSSR count). The van der Waals surface area contributed by atoms with Crippen LogP contribution in [0.15, 0.2) is 66.1 Å². The van der Waals surface area contributed by atoms with Crippen molar-refractivity contribution in [2.75, 3.05) is 17.6 Å². The van der Waals surface area contributed by atoms with Crippen molar-refractivity contribution in [3.8, 4) is 0 Å². The molecule has 1 aliphatic heterocycles. The molecular formula is C30H38N4O5S. The van der Waals surface area contributed by atoms with Crippen LogP contribution in [0.4, 0.5) is 5.69 Å². The molecule has 0 radical (unpaired) electrons. The van der Waals surface area contributed by atoms with Crippen molar-refractivity contribution in [1.29, 1.82) is 0 Å². The monoisotopic (exact) mass is 566 g/mol. The van der Waals surface area contributed by atoms with E-state index in [4.69, 9.17) is 9.47 Å². The number of carbonyl (C=O) groups excluding carboxylic acids is 2. The van der Waals surface area contributed by atoms with Crippen LogP contribution in [0, 0.1) is 0 Å². The summed E-state index contributed by atoms with van der Waals surface area (Å²) in [4.78, 5) is 27.7. The van der Waals surface area contributed by atoms with E-state index in [1.807, 2.05) is 66.3 Å². The molecule has 1 aliphatic rings. The molecule has 1 saturated heterocycles. The van der Waals surface area contributed by atoms with Gasteiger partial charge in [-0.25, -0.2) is 4.98 Å². The van der Waals surface area contributed by atoms with Gasteiger partial charge in [0.1, 0.15) is 0 Å². The smallest absolute Gasteiger partial charge is 0.224 e. The number of ether oxygens (including phenoxy) is 2. The van der Waals surface area contributed by atoms with Crippen molar-refractivity contribution in [2.45, 2.75) is 69.3 Å². The lowest BCUT2D eigenvalue weighted by atomic mass is 10.0. The number of hydrogen-bond acceptors (Lipinski definition) is 7. The summed E-state index contributed by atoms with van der Waals surface area (Å²) >= 11 is 1.65. The van der Waals surface area contributed by atoms with Gasteiger partial charge in [0.2, 0.25) is 11.8 Å². The molecule has 0 spiro atoms. The van der Waals surface area contributed by atoms with Crippen molar-refractivity contribution in [1.82, 2.24) is 14.9 Å². The third-order valence-electron chi connectivity index (χ3n) is 6.71. The summed E-state index contributed by atoms with van der Waals surface area (Å²) < 4.78 is 14.8. The highest BCUT2D eigenvalue weighted by Crippen LogP contribution is 2.39. The maximum absolute atomic E-state index is 12.4. The van der Waals surface area contributed by atoms with E-state index in [0.717, 1.165) is 52.5 Å². The third kappa shape index (κ3) is 8.92. The second-order valence-corrected chi connectivity index (χ2v) is 10.9. The predicted molar refractivity (Wildman–Crippen MR) is 155 cm³/mol. The lowest BCUT2D eigenvalue weighted by molar-refractivity contribution is -0.245. The Labute approximate surface area is 239 Å². The normalized spacial score (nSPS) is 18.8. The van der Waals surface area contributed by atoms with E-state index in [2.05, 4.69) is 15.6 Å². The molecule has 3 aromatic rings. The molecule has 0 saturated carbocycles. The van der Waals surface area contributed by atoms with Crippen LogP contribution >= 0.6 is 11.8 Å². The number of thioether (sulfide) groups is 1. The molecule has 3 unspecified atom stereocenters. The Morgan fingerprint density at radius 3 is 2.48 bits per heavy atom. The van der Waals surface area contributed by atoms with Crippen molar-refractivity contribution < 1.29 is 24.2 Å². The molecule has 10 heteroatoms. The average molecular weight is 567 g/mol. The van der Waals surface area contributed by atoms with E-state index >= 15 is 0 Å². The van der Waals surface area contributed by atoms with Gasteiger partial charge in [-0.1, -0.05) is 54.6 Å². The number of aliphatic hydroxyl groups is 1. The zero-order chi connectivity index (χ0) is 28.3. The third-order valence-corrected chi connectivity index (χ3v) is 7.90. The SMILES string of the molecule is CC(=O)NCCCCCC(=O)Nc1ccc(C2OC(CSc3nccn3C)CC(c3ccc(CO)cc3)O2)cc1. The van der Waals surface area contributed by atoms with E-state index in [-0.39, 0.29) is 30.6 Å². The fourth-order valence-electron chi connectivity index (χ4n) is 4.48. The summed E-state index contributed by atoms with van der Waals surface area (Å²) in [6.07, 6.45) is 6.57. The van der Waals surface area contributed by atoms with Crippen LogP contribution in [0.5, 0.6) is 0 Å². The fraction of sp³-hybridized carbons (Fsp3) is 0.433. The predicted octanol–water partition coefficient (Wildman–Crippen LogP) is 4.89. The number of aromatic nitrogens is 2. The number of hydrogen-bond donors (Lipinski definition) is 3. The van der Waals surface area contributed by atoms with E-state index in [9.17, 15) is 14.7 Å². The molecule has 2 heterocycles. The van der Waals surface area contributed by atoms with Gasteiger partial charge in [-0.05, 0) is 36.1 Å². The Balaban J connectivity index is 1.35. The van der Waals surface area contributed by atoms with E-state index in [0.29, 0.717) is 19.4 Å². The Morgan fingerprint density at radius 2 is 1.80 bits per heavy atom. The van der Waals surface area contributed by atoms with Crippen LogP contribution in [0.25, 0.3) is 0 Å². The highest BCUT2D eigenvalue weighted by atomic mass is 32.2. The lowest BCUT2D eigenvalue weighted by Crippen LogP contribution is -2.31. The Kier molecular flexibility index (Phi) is 11.2. The first kappa shape index (κ1) is 29.8. The van der Waals surface area contributed by atoms with Crippen LogP contribution in [0.1, 0.15) is 68.1 Å². The van der Waals surface area contributed by atoms with Crippen molar-refractivity contribution in [3.05, 3.63) is 77.6 Å². The van der Waals surface area contributed by atoms with Crippen molar-refractivity contribution in [2.24, 2.45) is 7.05 Å². The van der Waals surface area contributed by atoms with Gasteiger partial charge in [0, 0.05) is 62.8 Å². The van der Waals surface area contributed by atoms with Gasteiger partial charge in [-0.15, -0.1) is 0 Å². The summed E-state index contributed by atoms with van der Waals surface area (Å²) in [5.74, 6) is 0.668. The first-order chi connectivity index (χ1) is 19.4. The summed E-state index contributed by atoms with van der Waals surface area (Å²) in [6, 6.07) is 15.4. The molecule has 214 valence electrons. The quantitative estimate of drug-likeness (QED) is 0.199. The number of carbonyl (C=O) groups is 2. The van der Waals surface area contributed by atoms with Crippen LogP contribution in [-0.2, 0) is 32.7 Å². The number of rotatable bonds is 13. The highest BCUT2D eigenvalue weighted by molar-refractivity contribution is 7.99. The van der Waals surface area contributed by atoms with Gasteiger partial charge in [-0.3, -0.25) is 9.59 Å². The maximum atomic E-state index is 12.4. The molecule has 40 heavy (non-hydrogen) atoms. The number of benzene rings is 2. The summed E-state index contributed by atoms with van der Waals surface area (Å²) in [5, 5.41) is 16.1. The molecule has 3 atom stereocenters. The van der Waals surface area contributed by atoms with Gasteiger partial charge in [0.15, 0.2) is 11.4 Å². The van der Waals surface area contributed by atoms with Crippen LogP contribution in [0.2, 0.25) is 0 Å². The van der Waals surface area contributed by atoms with Crippen molar-refractivity contribution >= 4 is 29.3 Å². The summed E-state index contributed by atoms with van der Waals surface area (Å²) in [6.45, 7) is 2.14. The standard InChI is InChI=1S/C30H38N4O5S/c1-21(36)31-15-5-3-4-6-28(37)33-25-13-11-24(12-14-25)29-38-26(20-40-30-32-16-17-34(30)2)18-27(39-29)23-9-7-22(19-35)8-10-23/h7-14,16-17,26-27,29,35H,3-6,15,18-20H2,1-2H3,(H,31,36)(H,33,37). The average Bonchev–Trinajstić information content (AvgIpc) is 3.38. The fourth-order valence-corrected chi connectivity index (χ4v) is 5.43. The largest absolute Gasteiger partial charge is 0.392 e. The number of anilines is 1. The number of unbranched alkanes of at least 4 members (excludes halogenated alkanes) is 2. The van der Waals surface area contributed by atoms with E-state index in [1.54, 1.807) is 18.0 Å². The minimum atomic E-state index is -0.559. The number of imidazole rings is 1. The second-order valence-electron chi connectivity index (χ2n) is 9.95. The molecule has 1 aromatic heterocycles.